The van der Waals surface area contributed by atoms with Gasteiger partial charge in [0.05, 0.1) is 12.8 Å². The van der Waals surface area contributed by atoms with E-state index in [4.69, 9.17) is 0 Å². The summed E-state index contributed by atoms with van der Waals surface area (Å²) in [6, 6.07) is 3.49. The fourth-order valence-corrected chi connectivity index (χ4v) is 2.41. The van der Waals surface area contributed by atoms with Crippen molar-refractivity contribution in [3.63, 3.8) is 0 Å². The average molecular weight is 269 g/mol. The van der Waals surface area contributed by atoms with Crippen LogP contribution in [-0.2, 0) is 4.74 Å². The van der Waals surface area contributed by atoms with E-state index in [2.05, 4.69) is 9.72 Å². The number of esters is 1. The van der Waals surface area contributed by atoms with Gasteiger partial charge in [-0.1, -0.05) is 0 Å². The smallest absolute Gasteiger partial charge is 0.349 e. The summed E-state index contributed by atoms with van der Waals surface area (Å²) in [4.78, 5) is 15.9. The maximum absolute atomic E-state index is 13.1. The molecule has 2 aromatic rings. The number of hydrogen-bond acceptors (Lipinski definition) is 4. The Morgan fingerprint density at radius 3 is 2.67 bits per heavy atom. The van der Waals surface area contributed by atoms with Crippen LogP contribution in [0.4, 0.5) is 8.78 Å². The third-order valence-corrected chi connectivity index (χ3v) is 3.52. The second-order valence-electron chi connectivity index (χ2n) is 3.55. The van der Waals surface area contributed by atoms with Crippen molar-refractivity contribution < 1.29 is 18.3 Å². The summed E-state index contributed by atoms with van der Waals surface area (Å²) in [6.07, 6.45) is 0. The molecule has 0 aliphatic carbocycles. The molecular formula is C12H9F2NO2S. The molecule has 0 N–H and O–H groups in total. The molecule has 0 aliphatic heterocycles. The topological polar surface area (TPSA) is 39.2 Å². The number of nitrogens with zero attached hydrogens (tertiary/aromatic N) is 1. The number of aryl methyl sites for hydroxylation is 1. The number of aromatic nitrogens is 1. The van der Waals surface area contributed by atoms with Gasteiger partial charge in [-0.2, -0.15) is 0 Å². The molecule has 0 fully saturated rings. The predicted octanol–water partition coefficient (Wildman–Crippen LogP) is 3.18. The molecule has 0 unspecified atom stereocenters. The Kier molecular flexibility index (Phi) is 3.38. The molecule has 1 aromatic heterocycles. The lowest BCUT2D eigenvalue weighted by atomic mass is 10.2. The van der Waals surface area contributed by atoms with Crippen LogP contribution in [0.1, 0.15) is 15.4 Å². The van der Waals surface area contributed by atoms with Gasteiger partial charge < -0.3 is 4.74 Å². The number of rotatable bonds is 2. The Balaban J connectivity index is 2.45. The number of halogens is 2. The zero-order valence-corrected chi connectivity index (χ0v) is 10.5. The lowest BCUT2D eigenvalue weighted by molar-refractivity contribution is 0.0605. The van der Waals surface area contributed by atoms with E-state index in [9.17, 15) is 13.6 Å². The van der Waals surface area contributed by atoms with Gasteiger partial charge in [-0.05, 0) is 25.1 Å². The van der Waals surface area contributed by atoms with E-state index in [1.807, 2.05) is 0 Å². The van der Waals surface area contributed by atoms with E-state index >= 15 is 0 Å². The van der Waals surface area contributed by atoms with E-state index in [0.717, 1.165) is 23.5 Å². The third-order valence-electron chi connectivity index (χ3n) is 2.33. The molecule has 1 heterocycles. The lowest BCUT2D eigenvalue weighted by Crippen LogP contribution is -1.99. The molecule has 0 amide bonds. The Morgan fingerprint density at radius 1 is 1.33 bits per heavy atom. The largest absolute Gasteiger partial charge is 0.465 e. The average Bonchev–Trinajstić information content (AvgIpc) is 2.74. The van der Waals surface area contributed by atoms with Crippen molar-refractivity contribution in [3.8, 4) is 10.6 Å². The number of carbonyl (C=O) groups is 1. The van der Waals surface area contributed by atoms with Crippen molar-refractivity contribution in [3.05, 3.63) is 40.4 Å². The lowest BCUT2D eigenvalue weighted by Gasteiger charge is -1.97. The van der Waals surface area contributed by atoms with Crippen LogP contribution in [0.25, 0.3) is 10.6 Å². The Hall–Kier alpha value is -1.82. The highest BCUT2D eigenvalue weighted by Gasteiger charge is 2.17. The van der Waals surface area contributed by atoms with Gasteiger partial charge in [0.1, 0.15) is 9.88 Å². The second kappa shape index (κ2) is 4.81. The molecule has 6 heteroatoms. The van der Waals surface area contributed by atoms with Gasteiger partial charge >= 0.3 is 5.97 Å². The molecule has 0 bridgehead atoms. The van der Waals surface area contributed by atoms with Crippen molar-refractivity contribution in [2.24, 2.45) is 0 Å². The van der Waals surface area contributed by atoms with E-state index < -0.39 is 17.6 Å². The third kappa shape index (κ3) is 2.24. The van der Waals surface area contributed by atoms with Gasteiger partial charge in [-0.15, -0.1) is 11.3 Å². The van der Waals surface area contributed by atoms with Crippen LogP contribution in [0.5, 0.6) is 0 Å². The first kappa shape index (κ1) is 12.6. The van der Waals surface area contributed by atoms with Crippen LogP contribution in [0.2, 0.25) is 0 Å². The second-order valence-corrected chi connectivity index (χ2v) is 4.55. The van der Waals surface area contributed by atoms with Crippen molar-refractivity contribution in [1.82, 2.24) is 4.98 Å². The minimum atomic E-state index is -0.944. The maximum Gasteiger partial charge on any atom is 0.349 e. The number of benzene rings is 1. The SMILES string of the molecule is COC(=O)c1sc(-c2ccc(F)c(F)c2)nc1C. The van der Waals surface area contributed by atoms with Gasteiger partial charge in [-0.3, -0.25) is 0 Å². The summed E-state index contributed by atoms with van der Waals surface area (Å²) in [5, 5.41) is 0.451. The van der Waals surface area contributed by atoms with Gasteiger partial charge in [0.15, 0.2) is 11.6 Å². The molecule has 0 saturated carbocycles. The summed E-state index contributed by atoms with van der Waals surface area (Å²) in [7, 11) is 1.28. The molecule has 2 rings (SSSR count). The van der Waals surface area contributed by atoms with Gasteiger partial charge in [0.2, 0.25) is 0 Å². The van der Waals surface area contributed by atoms with Crippen LogP contribution in [0.15, 0.2) is 18.2 Å². The van der Waals surface area contributed by atoms with Crippen LogP contribution in [0, 0.1) is 18.6 Å². The minimum absolute atomic E-state index is 0.359. The van der Waals surface area contributed by atoms with Crippen molar-refractivity contribution >= 4 is 17.3 Å². The molecular weight excluding hydrogens is 260 g/mol. The quantitative estimate of drug-likeness (QED) is 0.786. The Labute approximate surface area is 106 Å². The first-order valence-electron chi connectivity index (χ1n) is 5.04. The Bertz CT molecular complexity index is 610. The summed E-state index contributed by atoms with van der Waals surface area (Å²) < 4.78 is 30.5. The summed E-state index contributed by atoms with van der Waals surface area (Å²) in [5.41, 5.74) is 0.934. The maximum atomic E-state index is 13.1. The first-order valence-corrected chi connectivity index (χ1v) is 5.85. The van der Waals surface area contributed by atoms with Crippen molar-refractivity contribution in [2.75, 3.05) is 7.11 Å². The highest BCUT2D eigenvalue weighted by atomic mass is 32.1. The highest BCUT2D eigenvalue weighted by Crippen LogP contribution is 2.29. The van der Waals surface area contributed by atoms with Gasteiger partial charge in [-0.25, -0.2) is 18.6 Å². The van der Waals surface area contributed by atoms with Crippen molar-refractivity contribution in [1.29, 1.82) is 0 Å². The predicted molar refractivity (Wildman–Crippen MR) is 63.5 cm³/mol. The van der Waals surface area contributed by atoms with E-state index in [0.29, 0.717) is 21.1 Å². The zero-order valence-electron chi connectivity index (χ0n) is 9.66. The van der Waals surface area contributed by atoms with Crippen LogP contribution in [-0.4, -0.2) is 18.1 Å². The molecule has 0 spiro atoms. The van der Waals surface area contributed by atoms with Gasteiger partial charge in [0.25, 0.3) is 0 Å². The fourth-order valence-electron chi connectivity index (χ4n) is 1.43. The molecule has 94 valence electrons. The van der Waals surface area contributed by atoms with Crippen molar-refractivity contribution in [2.45, 2.75) is 6.92 Å². The number of carbonyl (C=O) groups excluding carboxylic acids is 1. The minimum Gasteiger partial charge on any atom is -0.465 e. The number of ether oxygens (including phenoxy) is 1. The highest BCUT2D eigenvalue weighted by molar-refractivity contribution is 7.17. The Morgan fingerprint density at radius 2 is 2.06 bits per heavy atom. The normalized spacial score (nSPS) is 10.4. The van der Waals surface area contributed by atoms with E-state index in [1.54, 1.807) is 6.92 Å². The van der Waals surface area contributed by atoms with Crippen LogP contribution < -0.4 is 0 Å². The van der Waals surface area contributed by atoms with E-state index in [-0.39, 0.29) is 0 Å². The number of hydrogen-bond donors (Lipinski definition) is 0. The van der Waals surface area contributed by atoms with E-state index in [1.165, 1.54) is 13.2 Å². The van der Waals surface area contributed by atoms with Crippen LogP contribution >= 0.6 is 11.3 Å². The molecule has 18 heavy (non-hydrogen) atoms. The summed E-state index contributed by atoms with van der Waals surface area (Å²) in [6.45, 7) is 1.66. The zero-order chi connectivity index (χ0) is 13.3. The summed E-state index contributed by atoms with van der Waals surface area (Å²) >= 11 is 1.09. The number of methoxy groups -OCH3 is 1. The standard InChI is InChI=1S/C12H9F2NO2S/c1-6-10(12(16)17-2)18-11(15-6)7-3-4-8(13)9(14)5-7/h3-5H,1-2H3. The van der Waals surface area contributed by atoms with Gasteiger partial charge in [0, 0.05) is 5.56 Å². The summed E-state index contributed by atoms with van der Waals surface area (Å²) in [5.74, 6) is -2.35. The molecule has 1 aromatic carbocycles. The van der Waals surface area contributed by atoms with Crippen LogP contribution in [0.3, 0.4) is 0 Å². The fraction of sp³-hybridized carbons (Fsp3) is 0.167. The molecule has 0 radical (unpaired) electrons. The molecule has 0 saturated heterocycles. The molecule has 0 aliphatic rings. The number of thiazole rings is 1. The molecule has 0 atom stereocenters. The monoisotopic (exact) mass is 269 g/mol. The first-order chi connectivity index (χ1) is 8.52. The molecule has 3 nitrogen and oxygen atoms in total.